The number of amides is 4. The van der Waals surface area contributed by atoms with E-state index in [0.717, 1.165) is 35.4 Å². The van der Waals surface area contributed by atoms with Gasteiger partial charge < -0.3 is 15.5 Å². The van der Waals surface area contributed by atoms with E-state index in [2.05, 4.69) is 20.9 Å². The summed E-state index contributed by atoms with van der Waals surface area (Å²) in [5.74, 6) is -1.07. The number of anilines is 2. The molecule has 5 rings (SSSR count). The van der Waals surface area contributed by atoms with Crippen LogP contribution < -0.4 is 20.3 Å². The predicted octanol–water partition coefficient (Wildman–Crippen LogP) is 3.20. The van der Waals surface area contributed by atoms with Gasteiger partial charge in [-0.15, -0.1) is 11.3 Å². The molecular formula is C27H29N5O5S2. The van der Waals surface area contributed by atoms with Crippen molar-refractivity contribution in [1.29, 1.82) is 0 Å². The minimum atomic E-state index is -3.81. The SMILES string of the molecule is CNC(=O)NC(=O)c1c(NC(=O)c2ccc(S(=O)(=O)N3CCCc4ccccc43)cc2)sc2c1CCN(C)C2. The van der Waals surface area contributed by atoms with Gasteiger partial charge in [0.1, 0.15) is 5.00 Å². The fourth-order valence-electron chi connectivity index (χ4n) is 4.92. The van der Waals surface area contributed by atoms with E-state index in [4.69, 9.17) is 0 Å². The molecule has 1 aromatic heterocycles. The van der Waals surface area contributed by atoms with Gasteiger partial charge in [-0.25, -0.2) is 13.2 Å². The first-order valence-electron chi connectivity index (χ1n) is 12.6. The number of carbonyl (C=O) groups excluding carboxylic acids is 3. The fraction of sp³-hybridized carbons (Fsp3) is 0.296. The van der Waals surface area contributed by atoms with Crippen LogP contribution in [0.1, 0.15) is 43.1 Å². The molecule has 2 aromatic carbocycles. The van der Waals surface area contributed by atoms with E-state index in [1.165, 1.54) is 47.0 Å². The number of carbonyl (C=O) groups is 3. The van der Waals surface area contributed by atoms with Crippen LogP contribution in [0.25, 0.3) is 0 Å². The average Bonchev–Trinajstić information content (AvgIpc) is 3.29. The smallest absolute Gasteiger partial charge is 0.321 e. The second-order valence-electron chi connectivity index (χ2n) is 9.52. The van der Waals surface area contributed by atoms with Crippen LogP contribution in [0.3, 0.4) is 0 Å². The molecule has 2 aliphatic heterocycles. The number of nitrogens with zero attached hydrogens (tertiary/aromatic N) is 2. The molecule has 12 heteroatoms. The van der Waals surface area contributed by atoms with Crippen molar-refractivity contribution in [3.8, 4) is 0 Å². The molecule has 0 spiro atoms. The predicted molar refractivity (Wildman–Crippen MR) is 150 cm³/mol. The molecule has 3 N–H and O–H groups in total. The molecular weight excluding hydrogens is 538 g/mol. The lowest BCUT2D eigenvalue weighted by Crippen LogP contribution is -2.38. The number of hydrogen-bond donors (Lipinski definition) is 3. The number of aryl methyl sites for hydroxylation is 1. The highest BCUT2D eigenvalue weighted by molar-refractivity contribution is 7.92. The highest BCUT2D eigenvalue weighted by atomic mass is 32.2. The quantitative estimate of drug-likeness (QED) is 0.435. The van der Waals surface area contributed by atoms with Crippen molar-refractivity contribution in [2.45, 2.75) is 30.7 Å². The van der Waals surface area contributed by atoms with Gasteiger partial charge in [-0.2, -0.15) is 0 Å². The van der Waals surface area contributed by atoms with Crippen LogP contribution in [0, 0.1) is 0 Å². The molecule has 0 atom stereocenters. The zero-order valence-corrected chi connectivity index (χ0v) is 23.2. The number of likely N-dealkylation sites (N-methyl/N-ethyl adjacent to an activating group) is 1. The third kappa shape index (κ3) is 5.27. The van der Waals surface area contributed by atoms with Crippen LogP contribution >= 0.6 is 11.3 Å². The van der Waals surface area contributed by atoms with Gasteiger partial charge in [-0.3, -0.25) is 19.2 Å². The maximum absolute atomic E-state index is 13.4. The molecule has 4 amide bonds. The molecule has 39 heavy (non-hydrogen) atoms. The van der Waals surface area contributed by atoms with Crippen molar-refractivity contribution >= 4 is 49.9 Å². The number of urea groups is 1. The molecule has 3 aromatic rings. The molecule has 0 bridgehead atoms. The Hall–Kier alpha value is -3.74. The van der Waals surface area contributed by atoms with Gasteiger partial charge in [0.15, 0.2) is 0 Å². The van der Waals surface area contributed by atoms with Crippen molar-refractivity contribution < 1.29 is 22.8 Å². The number of imide groups is 1. The molecule has 0 radical (unpaired) electrons. The highest BCUT2D eigenvalue weighted by Gasteiger charge is 2.30. The van der Waals surface area contributed by atoms with Gasteiger partial charge in [0.05, 0.1) is 16.1 Å². The van der Waals surface area contributed by atoms with Gasteiger partial charge in [-0.05, 0) is 67.8 Å². The minimum absolute atomic E-state index is 0.0935. The number of hydrogen-bond acceptors (Lipinski definition) is 7. The Balaban J connectivity index is 1.39. The summed E-state index contributed by atoms with van der Waals surface area (Å²) in [5.41, 5.74) is 3.01. The normalized spacial score (nSPS) is 15.2. The summed E-state index contributed by atoms with van der Waals surface area (Å²) in [4.78, 5) is 41.1. The first-order chi connectivity index (χ1) is 18.7. The van der Waals surface area contributed by atoms with Gasteiger partial charge in [-0.1, -0.05) is 18.2 Å². The highest BCUT2D eigenvalue weighted by Crippen LogP contribution is 2.37. The Morgan fingerprint density at radius 3 is 2.44 bits per heavy atom. The second-order valence-corrected chi connectivity index (χ2v) is 12.5. The molecule has 10 nitrogen and oxygen atoms in total. The maximum Gasteiger partial charge on any atom is 0.321 e. The van der Waals surface area contributed by atoms with Crippen LogP contribution in [0.2, 0.25) is 0 Å². The standard InChI is InChI=1S/C27H29N5O5S2/c1-28-27(35)30-25(34)23-20-13-15-31(2)16-22(20)38-26(23)29-24(33)18-9-11-19(12-10-18)39(36,37)32-14-5-7-17-6-3-4-8-21(17)32/h3-4,6,8-12H,5,7,13-16H2,1-2H3,(H,29,33)(H2,28,30,34,35). The average molecular weight is 568 g/mol. The summed E-state index contributed by atoms with van der Waals surface area (Å²) < 4.78 is 28.3. The van der Waals surface area contributed by atoms with Gasteiger partial charge in [0.2, 0.25) is 0 Å². The Bertz CT molecular complexity index is 1550. The lowest BCUT2D eigenvalue weighted by molar-refractivity contribution is 0.0964. The minimum Gasteiger partial charge on any atom is -0.341 e. The number of thiophene rings is 1. The Labute approximate surface area is 231 Å². The third-order valence-corrected chi connectivity index (χ3v) is 9.89. The second kappa shape index (κ2) is 10.8. The summed E-state index contributed by atoms with van der Waals surface area (Å²) >= 11 is 1.30. The van der Waals surface area contributed by atoms with Gasteiger partial charge in [0.25, 0.3) is 21.8 Å². The molecule has 204 valence electrons. The Morgan fingerprint density at radius 1 is 0.949 bits per heavy atom. The van der Waals surface area contributed by atoms with E-state index >= 15 is 0 Å². The molecule has 0 aliphatic carbocycles. The number of benzene rings is 2. The van der Waals surface area contributed by atoms with E-state index < -0.39 is 27.9 Å². The van der Waals surface area contributed by atoms with Crippen LogP contribution in [0.4, 0.5) is 15.5 Å². The van der Waals surface area contributed by atoms with E-state index in [9.17, 15) is 22.8 Å². The first kappa shape index (κ1) is 26.9. The molecule has 2 aliphatic rings. The topological polar surface area (TPSA) is 128 Å². The monoisotopic (exact) mass is 567 g/mol. The summed E-state index contributed by atoms with van der Waals surface area (Å²) in [6, 6.07) is 12.6. The zero-order chi connectivity index (χ0) is 27.7. The first-order valence-corrected chi connectivity index (χ1v) is 14.8. The number of fused-ring (bicyclic) bond motifs is 2. The summed E-state index contributed by atoms with van der Waals surface area (Å²) in [6.45, 7) is 1.76. The van der Waals surface area contributed by atoms with Gasteiger partial charge >= 0.3 is 6.03 Å². The van der Waals surface area contributed by atoms with E-state index in [0.29, 0.717) is 30.2 Å². The van der Waals surface area contributed by atoms with Crippen LogP contribution in [0.5, 0.6) is 0 Å². The lowest BCUT2D eigenvalue weighted by atomic mass is 10.0. The summed E-state index contributed by atoms with van der Waals surface area (Å²) in [6.07, 6.45) is 2.17. The van der Waals surface area contributed by atoms with E-state index in [1.54, 1.807) is 0 Å². The van der Waals surface area contributed by atoms with Crippen molar-refractivity contribution in [1.82, 2.24) is 15.5 Å². The van der Waals surface area contributed by atoms with Crippen molar-refractivity contribution in [2.24, 2.45) is 0 Å². The number of para-hydroxylation sites is 1. The van der Waals surface area contributed by atoms with Crippen LogP contribution in [0.15, 0.2) is 53.4 Å². The number of nitrogens with one attached hydrogen (secondary N) is 3. The Morgan fingerprint density at radius 2 is 1.69 bits per heavy atom. The van der Waals surface area contributed by atoms with Gasteiger partial charge in [0, 0.05) is 37.1 Å². The van der Waals surface area contributed by atoms with Crippen LogP contribution in [-0.4, -0.2) is 58.3 Å². The van der Waals surface area contributed by atoms with E-state index in [-0.39, 0.29) is 16.0 Å². The Kier molecular flexibility index (Phi) is 7.43. The summed E-state index contributed by atoms with van der Waals surface area (Å²) in [7, 11) is -0.419. The molecule has 0 fully saturated rings. The number of rotatable bonds is 5. The molecule has 3 heterocycles. The lowest BCUT2D eigenvalue weighted by Gasteiger charge is -2.30. The zero-order valence-electron chi connectivity index (χ0n) is 21.6. The third-order valence-electron chi connectivity index (χ3n) is 6.93. The molecule has 0 unspecified atom stereocenters. The molecule has 0 saturated carbocycles. The van der Waals surface area contributed by atoms with Crippen molar-refractivity contribution in [3.63, 3.8) is 0 Å². The molecule has 0 saturated heterocycles. The van der Waals surface area contributed by atoms with Crippen LogP contribution in [-0.2, 0) is 29.4 Å². The maximum atomic E-state index is 13.4. The fourth-order valence-corrected chi connectivity index (χ4v) is 7.78. The van der Waals surface area contributed by atoms with Crippen molar-refractivity contribution in [2.75, 3.05) is 36.8 Å². The van der Waals surface area contributed by atoms with Crippen molar-refractivity contribution in [3.05, 3.63) is 75.7 Å². The largest absolute Gasteiger partial charge is 0.341 e. The van der Waals surface area contributed by atoms with E-state index in [1.807, 2.05) is 31.3 Å². The number of sulfonamides is 1. The summed E-state index contributed by atoms with van der Waals surface area (Å²) in [5, 5.41) is 7.82.